The molecular weight excluding hydrogens is 260 g/mol. The Morgan fingerprint density at radius 1 is 1.19 bits per heavy atom. The van der Waals surface area contributed by atoms with Crippen molar-refractivity contribution in [1.29, 1.82) is 0 Å². The summed E-state index contributed by atoms with van der Waals surface area (Å²) in [5.41, 5.74) is 2.27. The van der Waals surface area contributed by atoms with Crippen LogP contribution < -0.4 is 0 Å². The third-order valence-electron chi connectivity index (χ3n) is 4.83. The molecule has 0 aromatic heterocycles. The van der Waals surface area contributed by atoms with Crippen molar-refractivity contribution < 1.29 is 4.79 Å². The fraction of sp³-hybridized carbons (Fsp3) is 0.611. The van der Waals surface area contributed by atoms with E-state index >= 15 is 0 Å². The lowest BCUT2D eigenvalue weighted by atomic mass is 9.70. The number of fused-ring (bicyclic) bond motifs is 1. The second kappa shape index (κ2) is 6.61. The highest BCUT2D eigenvalue weighted by molar-refractivity contribution is 5.90. The summed E-state index contributed by atoms with van der Waals surface area (Å²) in [6.45, 7) is 6.93. The summed E-state index contributed by atoms with van der Waals surface area (Å²) in [7, 11) is 4.16. The number of carbonyl (C=O) groups excluding carboxylic acids is 1. The fourth-order valence-corrected chi connectivity index (χ4v) is 3.51. The van der Waals surface area contributed by atoms with Crippen LogP contribution in [0.4, 0.5) is 0 Å². The van der Waals surface area contributed by atoms with Crippen molar-refractivity contribution in [1.82, 2.24) is 9.80 Å². The van der Waals surface area contributed by atoms with E-state index in [1.54, 1.807) is 0 Å². The first-order chi connectivity index (χ1) is 10.0. The lowest BCUT2D eigenvalue weighted by Gasteiger charge is -2.42. The molecule has 1 amide bonds. The minimum atomic E-state index is -0.313. The van der Waals surface area contributed by atoms with Crippen LogP contribution >= 0.6 is 0 Å². The van der Waals surface area contributed by atoms with Crippen molar-refractivity contribution in [2.75, 3.05) is 27.2 Å². The maximum Gasteiger partial charge on any atom is 0.233 e. The maximum atomic E-state index is 13.1. The Kier molecular flexibility index (Phi) is 5.04. The molecule has 1 aromatic carbocycles. The SMILES string of the molecule is CCC1(CC)C(=O)N(CCCN(C)C)Cc2ccccc21. The van der Waals surface area contributed by atoms with Crippen LogP contribution in [0.15, 0.2) is 24.3 Å². The number of amides is 1. The Labute approximate surface area is 128 Å². The molecule has 3 heteroatoms. The van der Waals surface area contributed by atoms with Crippen molar-refractivity contribution in [3.63, 3.8) is 0 Å². The smallest absolute Gasteiger partial charge is 0.233 e. The second-order valence-corrected chi connectivity index (χ2v) is 6.33. The van der Waals surface area contributed by atoms with Gasteiger partial charge in [-0.15, -0.1) is 0 Å². The first-order valence-corrected chi connectivity index (χ1v) is 8.07. The van der Waals surface area contributed by atoms with Crippen molar-refractivity contribution in [2.24, 2.45) is 0 Å². The van der Waals surface area contributed by atoms with E-state index in [0.29, 0.717) is 5.91 Å². The standard InChI is InChI=1S/C18H28N2O/c1-5-18(6-2)16-11-8-7-10-15(16)14-20(17(18)21)13-9-12-19(3)4/h7-8,10-11H,5-6,9,12-14H2,1-4H3. The average Bonchev–Trinajstić information content (AvgIpc) is 2.48. The fourth-order valence-electron chi connectivity index (χ4n) is 3.51. The zero-order chi connectivity index (χ0) is 15.5. The number of carbonyl (C=O) groups is 1. The molecule has 0 aliphatic carbocycles. The van der Waals surface area contributed by atoms with Crippen LogP contribution in [0, 0.1) is 0 Å². The van der Waals surface area contributed by atoms with E-state index in [-0.39, 0.29) is 5.41 Å². The van der Waals surface area contributed by atoms with Gasteiger partial charge in [0.05, 0.1) is 5.41 Å². The quantitative estimate of drug-likeness (QED) is 0.803. The largest absolute Gasteiger partial charge is 0.338 e. The Balaban J connectivity index is 2.27. The Hall–Kier alpha value is -1.35. The molecule has 0 unspecified atom stereocenters. The minimum Gasteiger partial charge on any atom is -0.338 e. The molecule has 1 aromatic rings. The van der Waals surface area contributed by atoms with Crippen LogP contribution in [0.5, 0.6) is 0 Å². The molecule has 0 saturated heterocycles. The highest BCUT2D eigenvalue weighted by Crippen LogP contribution is 2.40. The van der Waals surface area contributed by atoms with Crippen LogP contribution in [-0.2, 0) is 16.8 Å². The molecule has 1 aliphatic heterocycles. The number of nitrogens with zero attached hydrogens (tertiary/aromatic N) is 2. The highest BCUT2D eigenvalue weighted by atomic mass is 16.2. The molecule has 0 radical (unpaired) electrons. The van der Waals surface area contributed by atoms with Gasteiger partial charge in [0.25, 0.3) is 0 Å². The predicted octanol–water partition coefficient (Wildman–Crippen LogP) is 3.04. The summed E-state index contributed by atoms with van der Waals surface area (Å²) in [5, 5.41) is 0. The molecule has 1 heterocycles. The number of benzene rings is 1. The van der Waals surface area contributed by atoms with Gasteiger partial charge in [-0.05, 0) is 51.0 Å². The molecule has 1 aliphatic rings. The van der Waals surface area contributed by atoms with Gasteiger partial charge in [0.1, 0.15) is 0 Å². The summed E-state index contributed by atoms with van der Waals surface area (Å²) in [6, 6.07) is 8.48. The first-order valence-electron chi connectivity index (χ1n) is 8.07. The molecule has 0 bridgehead atoms. The highest BCUT2D eigenvalue weighted by Gasteiger charge is 2.44. The topological polar surface area (TPSA) is 23.6 Å². The normalized spacial score (nSPS) is 17.2. The molecular formula is C18H28N2O. The maximum absolute atomic E-state index is 13.1. The summed E-state index contributed by atoms with van der Waals surface area (Å²) >= 11 is 0. The lowest BCUT2D eigenvalue weighted by molar-refractivity contribution is -0.140. The monoisotopic (exact) mass is 288 g/mol. The average molecular weight is 288 g/mol. The van der Waals surface area contributed by atoms with Crippen LogP contribution in [-0.4, -0.2) is 42.9 Å². The van der Waals surface area contributed by atoms with E-state index in [0.717, 1.165) is 38.9 Å². The van der Waals surface area contributed by atoms with E-state index in [4.69, 9.17) is 0 Å². The van der Waals surface area contributed by atoms with Gasteiger partial charge in [-0.25, -0.2) is 0 Å². The summed E-state index contributed by atoms with van der Waals surface area (Å²) in [5.74, 6) is 0.324. The molecule has 0 saturated carbocycles. The molecule has 21 heavy (non-hydrogen) atoms. The molecule has 0 spiro atoms. The van der Waals surface area contributed by atoms with E-state index in [2.05, 4.69) is 62.0 Å². The van der Waals surface area contributed by atoms with Gasteiger partial charge in [0.15, 0.2) is 0 Å². The zero-order valence-corrected chi connectivity index (χ0v) is 13.9. The van der Waals surface area contributed by atoms with E-state index in [9.17, 15) is 4.79 Å². The van der Waals surface area contributed by atoms with Gasteiger partial charge in [-0.2, -0.15) is 0 Å². The van der Waals surface area contributed by atoms with E-state index in [1.165, 1.54) is 11.1 Å². The third-order valence-corrected chi connectivity index (χ3v) is 4.83. The van der Waals surface area contributed by atoms with Crippen LogP contribution in [0.25, 0.3) is 0 Å². The summed E-state index contributed by atoms with van der Waals surface area (Å²) < 4.78 is 0. The van der Waals surface area contributed by atoms with Crippen molar-refractivity contribution in [2.45, 2.75) is 45.1 Å². The predicted molar refractivity (Wildman–Crippen MR) is 87.3 cm³/mol. The lowest BCUT2D eigenvalue weighted by Crippen LogP contribution is -2.50. The van der Waals surface area contributed by atoms with E-state index < -0.39 is 0 Å². The minimum absolute atomic E-state index is 0.313. The molecule has 0 N–H and O–H groups in total. The Morgan fingerprint density at radius 3 is 2.48 bits per heavy atom. The van der Waals surface area contributed by atoms with Crippen LogP contribution in [0.1, 0.15) is 44.2 Å². The third kappa shape index (κ3) is 2.98. The zero-order valence-electron chi connectivity index (χ0n) is 13.9. The second-order valence-electron chi connectivity index (χ2n) is 6.33. The van der Waals surface area contributed by atoms with Gasteiger partial charge < -0.3 is 9.80 Å². The number of hydrogen-bond donors (Lipinski definition) is 0. The van der Waals surface area contributed by atoms with Gasteiger partial charge >= 0.3 is 0 Å². The van der Waals surface area contributed by atoms with Crippen molar-refractivity contribution in [3.8, 4) is 0 Å². The molecule has 116 valence electrons. The van der Waals surface area contributed by atoms with E-state index in [1.807, 2.05) is 0 Å². The van der Waals surface area contributed by atoms with Crippen LogP contribution in [0.2, 0.25) is 0 Å². The van der Waals surface area contributed by atoms with Gasteiger partial charge in [0.2, 0.25) is 5.91 Å². The van der Waals surface area contributed by atoms with Crippen LogP contribution in [0.3, 0.4) is 0 Å². The molecule has 0 fully saturated rings. The molecule has 0 atom stereocenters. The number of hydrogen-bond acceptors (Lipinski definition) is 2. The summed E-state index contributed by atoms with van der Waals surface area (Å²) in [4.78, 5) is 17.3. The van der Waals surface area contributed by atoms with Gasteiger partial charge in [0, 0.05) is 13.1 Å². The van der Waals surface area contributed by atoms with Gasteiger partial charge in [-0.3, -0.25) is 4.79 Å². The Bertz CT molecular complexity index is 492. The van der Waals surface area contributed by atoms with Crippen molar-refractivity contribution >= 4 is 5.91 Å². The summed E-state index contributed by atoms with van der Waals surface area (Å²) in [6.07, 6.45) is 2.79. The van der Waals surface area contributed by atoms with Gasteiger partial charge in [-0.1, -0.05) is 38.1 Å². The first kappa shape index (κ1) is 16.0. The number of rotatable bonds is 6. The Morgan fingerprint density at radius 2 is 1.86 bits per heavy atom. The van der Waals surface area contributed by atoms with Crippen molar-refractivity contribution in [3.05, 3.63) is 35.4 Å². The molecule has 2 rings (SSSR count). The molecule has 3 nitrogen and oxygen atoms in total.